The minimum Gasteiger partial charge on any atom is -0.497 e. The number of likely N-dealkylation sites (N-methyl/N-ethyl adjacent to an activating group) is 1. The van der Waals surface area contributed by atoms with E-state index >= 15 is 0 Å². The van der Waals surface area contributed by atoms with Gasteiger partial charge in [0.2, 0.25) is 5.91 Å². The number of nitrogens with two attached hydrogens (primary N) is 1. The lowest BCUT2D eigenvalue weighted by Crippen LogP contribution is -2.44. The van der Waals surface area contributed by atoms with Crippen molar-refractivity contribution >= 4 is 29.1 Å². The van der Waals surface area contributed by atoms with Crippen molar-refractivity contribution in [3.63, 3.8) is 0 Å². The Hall–Kier alpha value is -1.82. The Labute approximate surface area is 142 Å². The third kappa shape index (κ3) is 4.82. The fourth-order valence-electron chi connectivity index (χ4n) is 2.38. The molecule has 1 atom stereocenters. The van der Waals surface area contributed by atoms with Crippen LogP contribution in [0.25, 0.3) is 10.8 Å². The van der Waals surface area contributed by atoms with Crippen LogP contribution >= 0.6 is 12.4 Å². The van der Waals surface area contributed by atoms with Crippen molar-refractivity contribution in [2.24, 2.45) is 5.73 Å². The van der Waals surface area contributed by atoms with Crippen LogP contribution in [0.4, 0.5) is 0 Å². The first kappa shape index (κ1) is 19.2. The van der Waals surface area contributed by atoms with E-state index in [1.54, 1.807) is 19.1 Å². The number of benzene rings is 2. The lowest BCUT2D eigenvalue weighted by molar-refractivity contribution is -0.132. The van der Waals surface area contributed by atoms with Gasteiger partial charge in [-0.2, -0.15) is 0 Å². The molecule has 126 valence electrons. The van der Waals surface area contributed by atoms with Gasteiger partial charge in [0.15, 0.2) is 0 Å². The fourth-order valence-corrected chi connectivity index (χ4v) is 2.38. The molecule has 23 heavy (non-hydrogen) atoms. The summed E-state index contributed by atoms with van der Waals surface area (Å²) in [6.07, 6.45) is 0. The van der Waals surface area contributed by atoms with E-state index in [1.807, 2.05) is 30.3 Å². The van der Waals surface area contributed by atoms with E-state index in [-0.39, 0.29) is 24.9 Å². The van der Waals surface area contributed by atoms with E-state index in [9.17, 15) is 4.79 Å². The SMILES string of the molecule is COCC(N)C(=O)N(C)Cc1ccc2cc(OC)ccc2c1.Cl. The zero-order valence-electron chi connectivity index (χ0n) is 13.6. The molecule has 1 amide bonds. The molecule has 1 unspecified atom stereocenters. The third-order valence-electron chi connectivity index (χ3n) is 3.57. The number of carbonyl (C=O) groups is 1. The van der Waals surface area contributed by atoms with E-state index < -0.39 is 6.04 Å². The second kappa shape index (κ2) is 8.72. The molecule has 6 heteroatoms. The van der Waals surface area contributed by atoms with Gasteiger partial charge < -0.3 is 20.1 Å². The van der Waals surface area contributed by atoms with Gasteiger partial charge in [0.05, 0.1) is 13.7 Å². The molecule has 0 aliphatic carbocycles. The average molecular weight is 339 g/mol. The molecule has 0 aliphatic heterocycles. The molecule has 0 aromatic heterocycles. The van der Waals surface area contributed by atoms with Crippen LogP contribution in [0.1, 0.15) is 5.56 Å². The fraction of sp³-hybridized carbons (Fsp3) is 0.353. The zero-order chi connectivity index (χ0) is 16.1. The number of carbonyl (C=O) groups excluding carboxylic acids is 1. The molecule has 2 rings (SSSR count). The molecular formula is C17H23ClN2O3. The highest BCUT2D eigenvalue weighted by atomic mass is 35.5. The number of amides is 1. The standard InChI is InChI=1S/C17H22N2O3.ClH/c1-19(17(20)16(18)11-21-2)10-12-4-5-14-9-15(22-3)7-6-13(14)8-12;/h4-9,16H,10-11,18H2,1-3H3;1H. The van der Waals surface area contributed by atoms with Crippen molar-refractivity contribution in [2.45, 2.75) is 12.6 Å². The number of hydrogen-bond acceptors (Lipinski definition) is 4. The van der Waals surface area contributed by atoms with Crippen molar-refractivity contribution in [1.29, 1.82) is 0 Å². The molecule has 0 aliphatic rings. The number of fused-ring (bicyclic) bond motifs is 1. The maximum atomic E-state index is 12.1. The molecule has 0 radical (unpaired) electrons. The smallest absolute Gasteiger partial charge is 0.241 e. The minimum absolute atomic E-state index is 0. The van der Waals surface area contributed by atoms with Crippen LogP contribution in [-0.2, 0) is 16.1 Å². The molecule has 0 saturated carbocycles. The van der Waals surface area contributed by atoms with Crippen molar-refractivity contribution in [3.05, 3.63) is 42.0 Å². The molecule has 0 bridgehead atoms. The van der Waals surface area contributed by atoms with Crippen LogP contribution in [0.2, 0.25) is 0 Å². The summed E-state index contributed by atoms with van der Waals surface area (Å²) >= 11 is 0. The molecule has 0 fully saturated rings. The van der Waals surface area contributed by atoms with E-state index in [4.69, 9.17) is 15.2 Å². The predicted octanol–water partition coefficient (Wildman–Crippen LogP) is 2.20. The van der Waals surface area contributed by atoms with Gasteiger partial charge in [0, 0.05) is 20.7 Å². The summed E-state index contributed by atoms with van der Waals surface area (Å²) in [7, 11) is 4.93. The van der Waals surface area contributed by atoms with Gasteiger partial charge in [-0.3, -0.25) is 4.79 Å². The summed E-state index contributed by atoms with van der Waals surface area (Å²) in [6.45, 7) is 0.735. The van der Waals surface area contributed by atoms with Crippen LogP contribution in [-0.4, -0.2) is 44.7 Å². The van der Waals surface area contributed by atoms with E-state index in [0.29, 0.717) is 6.54 Å². The second-order valence-corrected chi connectivity index (χ2v) is 5.30. The highest BCUT2D eigenvalue weighted by Crippen LogP contribution is 2.22. The Kier molecular flexibility index (Phi) is 7.29. The summed E-state index contributed by atoms with van der Waals surface area (Å²) in [5.41, 5.74) is 6.83. The Balaban J connectivity index is 0.00000264. The Morgan fingerprint density at radius 1 is 1.17 bits per heavy atom. The minimum atomic E-state index is -0.625. The van der Waals surface area contributed by atoms with Crippen LogP contribution in [0, 0.1) is 0 Å². The van der Waals surface area contributed by atoms with Gasteiger partial charge in [-0.15, -0.1) is 12.4 Å². The van der Waals surface area contributed by atoms with Crippen molar-refractivity contribution in [1.82, 2.24) is 4.90 Å². The number of hydrogen-bond donors (Lipinski definition) is 1. The number of rotatable bonds is 6. The van der Waals surface area contributed by atoms with E-state index in [1.165, 1.54) is 7.11 Å². The topological polar surface area (TPSA) is 64.8 Å². The predicted molar refractivity (Wildman–Crippen MR) is 94.1 cm³/mol. The lowest BCUT2D eigenvalue weighted by Gasteiger charge is -2.21. The molecule has 2 aromatic carbocycles. The zero-order valence-corrected chi connectivity index (χ0v) is 14.4. The van der Waals surface area contributed by atoms with Gasteiger partial charge in [-0.1, -0.05) is 18.2 Å². The monoisotopic (exact) mass is 338 g/mol. The highest BCUT2D eigenvalue weighted by Gasteiger charge is 2.17. The highest BCUT2D eigenvalue weighted by molar-refractivity contribution is 5.85. The van der Waals surface area contributed by atoms with Crippen LogP contribution in [0.5, 0.6) is 5.75 Å². The van der Waals surface area contributed by atoms with Crippen LogP contribution < -0.4 is 10.5 Å². The maximum absolute atomic E-state index is 12.1. The first-order valence-corrected chi connectivity index (χ1v) is 7.11. The summed E-state index contributed by atoms with van der Waals surface area (Å²) < 4.78 is 10.1. The van der Waals surface area contributed by atoms with Gasteiger partial charge >= 0.3 is 0 Å². The lowest BCUT2D eigenvalue weighted by atomic mass is 10.1. The summed E-state index contributed by atoms with van der Waals surface area (Å²) in [4.78, 5) is 13.7. The van der Waals surface area contributed by atoms with E-state index in [0.717, 1.165) is 22.1 Å². The van der Waals surface area contributed by atoms with Gasteiger partial charge in [0.25, 0.3) is 0 Å². The molecule has 0 saturated heterocycles. The molecular weight excluding hydrogens is 316 g/mol. The van der Waals surface area contributed by atoms with E-state index in [2.05, 4.69) is 6.07 Å². The normalized spacial score (nSPS) is 11.7. The first-order valence-electron chi connectivity index (χ1n) is 7.11. The molecule has 0 spiro atoms. The maximum Gasteiger partial charge on any atom is 0.241 e. The molecule has 2 aromatic rings. The molecule has 2 N–H and O–H groups in total. The molecule has 5 nitrogen and oxygen atoms in total. The third-order valence-corrected chi connectivity index (χ3v) is 3.57. The number of methoxy groups -OCH3 is 2. The Morgan fingerprint density at radius 3 is 2.48 bits per heavy atom. The second-order valence-electron chi connectivity index (χ2n) is 5.30. The molecule has 0 heterocycles. The van der Waals surface area contributed by atoms with Gasteiger partial charge in [-0.25, -0.2) is 0 Å². The average Bonchev–Trinajstić information content (AvgIpc) is 2.53. The van der Waals surface area contributed by atoms with Crippen molar-refractivity contribution in [3.8, 4) is 5.75 Å². The number of nitrogens with zero attached hydrogens (tertiary/aromatic N) is 1. The summed E-state index contributed by atoms with van der Waals surface area (Å²) in [5.74, 6) is 0.703. The Bertz CT molecular complexity index is 663. The first-order chi connectivity index (χ1) is 10.5. The summed E-state index contributed by atoms with van der Waals surface area (Å²) in [6, 6.07) is 11.4. The van der Waals surface area contributed by atoms with Crippen LogP contribution in [0.3, 0.4) is 0 Å². The van der Waals surface area contributed by atoms with Crippen molar-refractivity contribution < 1.29 is 14.3 Å². The van der Waals surface area contributed by atoms with Gasteiger partial charge in [0.1, 0.15) is 11.8 Å². The quantitative estimate of drug-likeness (QED) is 0.877. The van der Waals surface area contributed by atoms with Crippen molar-refractivity contribution in [2.75, 3.05) is 27.9 Å². The van der Waals surface area contributed by atoms with Gasteiger partial charge in [-0.05, 0) is 34.5 Å². The van der Waals surface area contributed by atoms with Crippen LogP contribution in [0.15, 0.2) is 36.4 Å². The largest absolute Gasteiger partial charge is 0.497 e. The number of ether oxygens (including phenoxy) is 2. The Morgan fingerprint density at radius 2 is 1.83 bits per heavy atom. The summed E-state index contributed by atoms with van der Waals surface area (Å²) in [5, 5.41) is 2.22. The number of halogens is 1.